The smallest absolute Gasteiger partial charge is 0.326 e. The molecule has 0 aromatic rings. The van der Waals surface area contributed by atoms with Gasteiger partial charge in [0.2, 0.25) is 0 Å². The van der Waals surface area contributed by atoms with Gasteiger partial charge in [0.1, 0.15) is 6.04 Å². The van der Waals surface area contributed by atoms with Gasteiger partial charge in [0.05, 0.1) is 6.10 Å². The molecule has 19 heavy (non-hydrogen) atoms. The third kappa shape index (κ3) is 3.00. The van der Waals surface area contributed by atoms with Gasteiger partial charge in [-0.25, -0.2) is 9.59 Å². The van der Waals surface area contributed by atoms with Crippen LogP contribution in [0.4, 0.5) is 4.79 Å². The Morgan fingerprint density at radius 3 is 2.58 bits per heavy atom. The van der Waals surface area contributed by atoms with Crippen molar-refractivity contribution in [1.29, 1.82) is 0 Å². The Morgan fingerprint density at radius 1 is 1.32 bits per heavy atom. The Kier molecular flexibility index (Phi) is 3.71. The highest BCUT2D eigenvalue weighted by Gasteiger charge is 2.42. The van der Waals surface area contributed by atoms with Crippen molar-refractivity contribution in [1.82, 2.24) is 9.80 Å². The molecule has 2 atom stereocenters. The molecule has 0 aromatic heterocycles. The molecule has 6 heteroatoms. The second-order valence-corrected chi connectivity index (χ2v) is 6.37. The van der Waals surface area contributed by atoms with Gasteiger partial charge in [0.25, 0.3) is 0 Å². The van der Waals surface area contributed by atoms with Crippen LogP contribution < -0.4 is 0 Å². The fourth-order valence-corrected chi connectivity index (χ4v) is 3.03. The predicted octanol–water partition coefficient (Wildman–Crippen LogP) is 0.748. The quantitative estimate of drug-likeness (QED) is 0.736. The molecular formula is C13H22N2O4. The summed E-state index contributed by atoms with van der Waals surface area (Å²) < 4.78 is 0. The van der Waals surface area contributed by atoms with E-state index in [1.807, 2.05) is 0 Å². The topological polar surface area (TPSA) is 81.1 Å². The summed E-state index contributed by atoms with van der Waals surface area (Å²) in [5.41, 5.74) is 0.0744. The van der Waals surface area contributed by atoms with Gasteiger partial charge in [-0.2, -0.15) is 0 Å². The van der Waals surface area contributed by atoms with Crippen molar-refractivity contribution in [3.63, 3.8) is 0 Å². The van der Waals surface area contributed by atoms with E-state index in [-0.39, 0.29) is 24.4 Å². The molecule has 0 saturated carbocycles. The minimum absolute atomic E-state index is 0.0744. The minimum Gasteiger partial charge on any atom is -0.480 e. The second kappa shape index (κ2) is 5.00. The van der Waals surface area contributed by atoms with Crippen LogP contribution in [0.5, 0.6) is 0 Å². The van der Waals surface area contributed by atoms with Crippen LogP contribution in [0, 0.1) is 5.41 Å². The van der Waals surface area contributed by atoms with E-state index in [4.69, 9.17) is 5.11 Å². The molecular weight excluding hydrogens is 248 g/mol. The molecule has 0 spiro atoms. The molecule has 0 aliphatic carbocycles. The number of nitrogens with zero attached hydrogens (tertiary/aromatic N) is 2. The zero-order valence-electron chi connectivity index (χ0n) is 11.5. The van der Waals surface area contributed by atoms with E-state index in [1.54, 1.807) is 4.90 Å². The Balaban J connectivity index is 2.08. The van der Waals surface area contributed by atoms with Gasteiger partial charge in [0.15, 0.2) is 0 Å². The molecule has 2 fully saturated rings. The third-order valence-corrected chi connectivity index (χ3v) is 3.98. The number of β-amino-alcohol motifs (C(OH)–C–C–N with tert-alkyl or cyclic N) is 1. The van der Waals surface area contributed by atoms with Crippen molar-refractivity contribution in [3.05, 3.63) is 0 Å². The fraction of sp³-hybridized carbons (Fsp3) is 0.846. The van der Waals surface area contributed by atoms with E-state index in [0.717, 1.165) is 12.8 Å². The molecule has 2 aliphatic heterocycles. The zero-order chi connectivity index (χ0) is 14.2. The van der Waals surface area contributed by atoms with Gasteiger partial charge in [-0.3, -0.25) is 0 Å². The number of urea groups is 1. The number of carboxylic acid groups (broad SMARTS) is 1. The summed E-state index contributed by atoms with van der Waals surface area (Å²) in [6.07, 6.45) is 1.40. The Morgan fingerprint density at radius 2 is 2.00 bits per heavy atom. The van der Waals surface area contributed by atoms with Crippen molar-refractivity contribution in [2.24, 2.45) is 5.41 Å². The summed E-state index contributed by atoms with van der Waals surface area (Å²) in [6.45, 7) is 5.65. The number of hydrogen-bond donors (Lipinski definition) is 2. The maximum Gasteiger partial charge on any atom is 0.326 e. The van der Waals surface area contributed by atoms with Gasteiger partial charge < -0.3 is 20.0 Å². The first-order valence-corrected chi connectivity index (χ1v) is 6.76. The number of amides is 2. The van der Waals surface area contributed by atoms with Gasteiger partial charge in [-0.1, -0.05) is 13.8 Å². The number of aliphatic hydroxyl groups is 1. The average Bonchev–Trinajstić information content (AvgIpc) is 2.69. The third-order valence-electron chi connectivity index (χ3n) is 3.98. The van der Waals surface area contributed by atoms with Crippen LogP contribution in [0.1, 0.15) is 33.1 Å². The number of aliphatic carboxylic acids is 1. The molecule has 0 bridgehead atoms. The van der Waals surface area contributed by atoms with Crippen LogP contribution >= 0.6 is 0 Å². The van der Waals surface area contributed by atoms with Gasteiger partial charge >= 0.3 is 12.0 Å². The van der Waals surface area contributed by atoms with E-state index in [9.17, 15) is 14.7 Å². The number of hydrogen-bond acceptors (Lipinski definition) is 3. The summed E-state index contributed by atoms with van der Waals surface area (Å²) in [7, 11) is 0. The Hall–Kier alpha value is -1.30. The van der Waals surface area contributed by atoms with Gasteiger partial charge in [-0.15, -0.1) is 0 Å². The van der Waals surface area contributed by atoms with Crippen LogP contribution in [-0.4, -0.2) is 63.8 Å². The largest absolute Gasteiger partial charge is 0.480 e. The van der Waals surface area contributed by atoms with Crippen LogP contribution in [0.25, 0.3) is 0 Å². The summed E-state index contributed by atoms with van der Waals surface area (Å²) >= 11 is 0. The van der Waals surface area contributed by atoms with E-state index in [0.29, 0.717) is 13.1 Å². The SMILES string of the molecule is CC1(C)CCCN(C(=O)N2CC(O)CC2C(=O)O)C1. The summed E-state index contributed by atoms with van der Waals surface area (Å²) in [5.74, 6) is -1.04. The zero-order valence-corrected chi connectivity index (χ0v) is 11.5. The lowest BCUT2D eigenvalue weighted by molar-refractivity contribution is -0.141. The highest BCUT2D eigenvalue weighted by Crippen LogP contribution is 2.30. The molecule has 2 saturated heterocycles. The lowest BCUT2D eigenvalue weighted by Gasteiger charge is -2.40. The van der Waals surface area contributed by atoms with Crippen molar-refractivity contribution in [3.8, 4) is 0 Å². The van der Waals surface area contributed by atoms with Crippen LogP contribution in [0.2, 0.25) is 0 Å². The maximum atomic E-state index is 12.4. The van der Waals surface area contributed by atoms with E-state index in [1.165, 1.54) is 4.90 Å². The fourth-order valence-electron chi connectivity index (χ4n) is 3.03. The van der Waals surface area contributed by atoms with Crippen molar-refractivity contribution >= 4 is 12.0 Å². The predicted molar refractivity (Wildman–Crippen MR) is 68.7 cm³/mol. The van der Waals surface area contributed by atoms with Gasteiger partial charge in [0, 0.05) is 26.1 Å². The summed E-state index contributed by atoms with van der Waals surface area (Å²) in [4.78, 5) is 26.6. The van der Waals surface area contributed by atoms with Gasteiger partial charge in [-0.05, 0) is 18.3 Å². The Bertz CT molecular complexity index is 383. The van der Waals surface area contributed by atoms with Crippen molar-refractivity contribution in [2.75, 3.05) is 19.6 Å². The van der Waals surface area contributed by atoms with E-state index < -0.39 is 18.1 Å². The van der Waals surface area contributed by atoms with Crippen molar-refractivity contribution in [2.45, 2.75) is 45.3 Å². The molecule has 108 valence electrons. The molecule has 6 nitrogen and oxygen atoms in total. The standard InChI is InChI=1S/C13H22N2O4/c1-13(2)4-3-5-14(8-13)12(19)15-7-9(16)6-10(15)11(17)18/h9-10,16H,3-8H2,1-2H3,(H,17,18). The number of likely N-dealkylation sites (tertiary alicyclic amines) is 2. The Labute approximate surface area is 113 Å². The molecule has 0 radical (unpaired) electrons. The average molecular weight is 270 g/mol. The highest BCUT2D eigenvalue weighted by atomic mass is 16.4. The number of carboxylic acids is 1. The maximum absolute atomic E-state index is 12.4. The number of aliphatic hydroxyl groups excluding tert-OH is 1. The molecule has 2 rings (SSSR count). The normalized spacial score (nSPS) is 30.5. The highest BCUT2D eigenvalue weighted by molar-refractivity contribution is 5.83. The first-order valence-electron chi connectivity index (χ1n) is 6.76. The summed E-state index contributed by atoms with van der Waals surface area (Å²) in [6, 6.07) is -1.15. The first kappa shape index (κ1) is 14.1. The number of carbonyl (C=O) groups is 2. The lowest BCUT2D eigenvalue weighted by atomic mass is 9.84. The van der Waals surface area contributed by atoms with E-state index in [2.05, 4.69) is 13.8 Å². The number of piperidine rings is 1. The van der Waals surface area contributed by atoms with Crippen LogP contribution in [-0.2, 0) is 4.79 Å². The monoisotopic (exact) mass is 270 g/mol. The molecule has 0 aromatic carbocycles. The molecule has 2 unspecified atom stereocenters. The molecule has 2 amide bonds. The minimum atomic E-state index is -1.04. The number of carbonyl (C=O) groups excluding carboxylic acids is 1. The molecule has 2 aliphatic rings. The molecule has 2 N–H and O–H groups in total. The van der Waals surface area contributed by atoms with Crippen molar-refractivity contribution < 1.29 is 19.8 Å². The lowest BCUT2D eigenvalue weighted by Crippen LogP contribution is -2.52. The second-order valence-electron chi connectivity index (χ2n) is 6.37. The first-order chi connectivity index (χ1) is 8.80. The molecule has 2 heterocycles. The summed E-state index contributed by atoms with van der Waals surface area (Å²) in [5, 5.41) is 18.7. The number of rotatable bonds is 1. The van der Waals surface area contributed by atoms with Crippen LogP contribution in [0.15, 0.2) is 0 Å². The van der Waals surface area contributed by atoms with Crippen LogP contribution in [0.3, 0.4) is 0 Å². The van der Waals surface area contributed by atoms with E-state index >= 15 is 0 Å².